The molecule has 0 saturated carbocycles. The molecule has 1 unspecified atom stereocenters. The van der Waals surface area contributed by atoms with E-state index < -0.39 is 12.1 Å². The number of rotatable bonds is 18. The fraction of sp³-hybridized carbons (Fsp3) is 0.220. The van der Waals surface area contributed by atoms with Gasteiger partial charge in [-0.2, -0.15) is 0 Å². The number of anilines is 1. The third-order valence-corrected chi connectivity index (χ3v) is 8.32. The van der Waals surface area contributed by atoms with Crippen molar-refractivity contribution in [2.45, 2.75) is 39.2 Å². The lowest BCUT2D eigenvalue weighted by Gasteiger charge is -2.20. The second-order valence-corrected chi connectivity index (χ2v) is 11.7. The topological polar surface area (TPSA) is 142 Å². The highest BCUT2D eigenvalue weighted by Gasteiger charge is 2.19. The summed E-state index contributed by atoms with van der Waals surface area (Å²) in [5, 5.41) is 29.9. The number of carboxylic acid groups (broad SMARTS) is 1. The van der Waals surface area contributed by atoms with E-state index in [1.165, 1.54) is 6.08 Å². The first-order chi connectivity index (χ1) is 24.2. The molecule has 0 radical (unpaired) electrons. The third-order valence-electron chi connectivity index (χ3n) is 8.32. The van der Waals surface area contributed by atoms with Crippen LogP contribution in [0.25, 0.3) is 40.0 Å². The predicted molar refractivity (Wildman–Crippen MR) is 203 cm³/mol. The van der Waals surface area contributed by atoms with E-state index >= 15 is 0 Å². The van der Waals surface area contributed by atoms with Gasteiger partial charge in [0, 0.05) is 60.2 Å². The van der Waals surface area contributed by atoms with Crippen LogP contribution in [0.4, 0.5) is 5.69 Å². The number of aliphatic hydroxyl groups excluding tert-OH is 1. The van der Waals surface area contributed by atoms with Crippen LogP contribution in [0, 0.1) is 5.41 Å². The van der Waals surface area contributed by atoms with Gasteiger partial charge in [-0.3, -0.25) is 4.79 Å². The van der Waals surface area contributed by atoms with Crippen LogP contribution in [-0.2, 0) is 9.59 Å². The monoisotopic (exact) mass is 671 g/mol. The first-order valence-corrected chi connectivity index (χ1v) is 16.7. The smallest absolute Gasteiger partial charge is 0.332 e. The number of carboxylic acids is 1. The maximum absolute atomic E-state index is 12.4. The molecule has 1 heterocycles. The number of allylic oxidation sites excluding steroid dienone is 4. The molecule has 9 heteroatoms. The van der Waals surface area contributed by atoms with Gasteiger partial charge in [-0.1, -0.05) is 79.9 Å². The lowest BCUT2D eigenvalue weighted by atomic mass is 9.99. The number of imidazole rings is 1. The van der Waals surface area contributed by atoms with E-state index in [-0.39, 0.29) is 18.0 Å². The minimum Gasteiger partial charge on any atom is -0.479 e. The van der Waals surface area contributed by atoms with Crippen LogP contribution in [0.1, 0.15) is 44.2 Å². The minimum atomic E-state index is -1.64. The summed E-state index contributed by atoms with van der Waals surface area (Å²) in [5.41, 5.74) is 7.77. The van der Waals surface area contributed by atoms with Gasteiger partial charge in [-0.25, -0.2) is 9.78 Å². The quantitative estimate of drug-likeness (QED) is 0.0318. The van der Waals surface area contributed by atoms with E-state index in [9.17, 15) is 14.7 Å². The van der Waals surface area contributed by atoms with Crippen molar-refractivity contribution < 1.29 is 19.8 Å². The van der Waals surface area contributed by atoms with Gasteiger partial charge in [0.1, 0.15) is 5.82 Å². The first kappa shape index (κ1) is 37.0. The molecule has 0 fully saturated rings. The van der Waals surface area contributed by atoms with Gasteiger partial charge in [-0.15, -0.1) is 0 Å². The number of H-pyrrole nitrogens is 1. The summed E-state index contributed by atoms with van der Waals surface area (Å²) in [6.45, 7) is 14.1. The Kier molecular flexibility index (Phi) is 13.4. The number of nitrogens with one attached hydrogen (secondary N) is 3. The van der Waals surface area contributed by atoms with Crippen molar-refractivity contribution in [2.24, 2.45) is 0 Å². The molecule has 0 aliphatic rings. The van der Waals surface area contributed by atoms with Crippen LogP contribution in [-0.4, -0.2) is 63.5 Å². The highest BCUT2D eigenvalue weighted by molar-refractivity contribution is 6.00. The second-order valence-electron chi connectivity index (χ2n) is 11.7. The number of aromatic nitrogens is 2. The summed E-state index contributed by atoms with van der Waals surface area (Å²) in [5.74, 6) is -0.826. The number of carbonyl (C=O) groups is 2. The lowest BCUT2D eigenvalue weighted by molar-refractivity contribution is -0.146. The number of carbonyl (C=O) groups excluding carboxylic acids is 1. The summed E-state index contributed by atoms with van der Waals surface area (Å²) in [6.07, 6.45) is 8.43. The fourth-order valence-corrected chi connectivity index (χ4v) is 5.48. The van der Waals surface area contributed by atoms with Crippen LogP contribution in [0.5, 0.6) is 0 Å². The third kappa shape index (κ3) is 9.87. The molecule has 0 aliphatic heterocycles. The predicted octanol–water partition coefficient (Wildman–Crippen LogP) is 7.67. The first-order valence-electron chi connectivity index (χ1n) is 16.7. The summed E-state index contributed by atoms with van der Waals surface area (Å²) in [6, 6.07) is 23.3. The average Bonchev–Trinajstić information content (AvgIpc) is 3.58. The number of benzene rings is 3. The van der Waals surface area contributed by atoms with E-state index in [4.69, 9.17) is 15.5 Å². The van der Waals surface area contributed by atoms with Gasteiger partial charge in [0.15, 0.2) is 6.10 Å². The fourth-order valence-electron chi connectivity index (χ4n) is 5.48. The van der Waals surface area contributed by atoms with Crippen molar-refractivity contribution in [3.8, 4) is 33.9 Å². The molecule has 1 aromatic heterocycles. The number of aliphatic hydroxyl groups is 1. The summed E-state index contributed by atoms with van der Waals surface area (Å²) >= 11 is 0. The molecule has 258 valence electrons. The Labute approximate surface area is 293 Å². The zero-order chi connectivity index (χ0) is 36.0. The Hall–Kier alpha value is -5.80. The van der Waals surface area contributed by atoms with Crippen molar-refractivity contribution in [3.63, 3.8) is 0 Å². The highest BCUT2D eigenvalue weighted by atomic mass is 16.4. The van der Waals surface area contributed by atoms with Crippen molar-refractivity contribution in [3.05, 3.63) is 127 Å². The standard InChI is InChI=1S/C41H45N5O4/c1-5-10-28(6-2)11-9-26-43-37(48)25-14-29-12-15-31(16-13-29)38-39(32-19-17-30(18-20-32)35(42)27-36(47)41(49)50)45-40(44-38)33-21-23-34(24-22-33)46(7-3)8-4/h5-6,10,12-25,36,42,47H,1-2,7-9,11,26-27H2,3-4H3,(H,43,48)(H,44,45)(H,49,50)/b25-14+,28-10+,42-35?. The van der Waals surface area contributed by atoms with Gasteiger partial charge < -0.3 is 30.8 Å². The minimum absolute atomic E-state index is 0.0301. The number of nitrogens with zero attached hydrogens (tertiary/aromatic N) is 2. The molecule has 0 spiro atoms. The van der Waals surface area contributed by atoms with E-state index in [0.29, 0.717) is 23.6 Å². The molecule has 0 aliphatic carbocycles. The molecular formula is C41H45N5O4. The van der Waals surface area contributed by atoms with Crippen LogP contribution in [0.3, 0.4) is 0 Å². The molecule has 50 heavy (non-hydrogen) atoms. The van der Waals surface area contributed by atoms with Crippen LogP contribution in [0.2, 0.25) is 0 Å². The maximum atomic E-state index is 12.4. The largest absolute Gasteiger partial charge is 0.479 e. The summed E-state index contributed by atoms with van der Waals surface area (Å²) in [7, 11) is 0. The van der Waals surface area contributed by atoms with E-state index in [2.05, 4.69) is 54.3 Å². The molecule has 3 aromatic carbocycles. The van der Waals surface area contributed by atoms with Gasteiger partial charge in [-0.05, 0) is 73.7 Å². The summed E-state index contributed by atoms with van der Waals surface area (Å²) < 4.78 is 0. The Morgan fingerprint density at radius 1 is 0.960 bits per heavy atom. The SMILES string of the molecule is C=C/C=C(\C=C)CCCNC(=O)/C=C/c1ccc(-c2[nH]c(-c3ccc(N(CC)CC)cc3)nc2-c2ccc(C(=N)CC(O)C(=O)O)cc2)cc1. The van der Waals surface area contributed by atoms with Crippen LogP contribution in [0.15, 0.2) is 116 Å². The molecule has 1 atom stereocenters. The maximum Gasteiger partial charge on any atom is 0.332 e. The Bertz CT molecular complexity index is 1850. The average molecular weight is 672 g/mol. The molecule has 0 saturated heterocycles. The number of hydrogen-bond acceptors (Lipinski definition) is 6. The van der Waals surface area contributed by atoms with E-state index in [1.807, 2.05) is 54.6 Å². The van der Waals surface area contributed by atoms with Crippen molar-refractivity contribution in [2.75, 3.05) is 24.5 Å². The molecule has 1 amide bonds. The van der Waals surface area contributed by atoms with Gasteiger partial charge >= 0.3 is 5.97 Å². The Morgan fingerprint density at radius 3 is 2.20 bits per heavy atom. The van der Waals surface area contributed by atoms with Crippen LogP contribution >= 0.6 is 0 Å². The van der Waals surface area contributed by atoms with E-state index in [1.54, 1.807) is 30.4 Å². The molecule has 5 N–H and O–H groups in total. The van der Waals surface area contributed by atoms with Gasteiger partial charge in [0.25, 0.3) is 0 Å². The van der Waals surface area contributed by atoms with E-state index in [0.717, 1.165) is 65.1 Å². The Morgan fingerprint density at radius 2 is 1.60 bits per heavy atom. The second kappa shape index (κ2) is 18.1. The number of hydrogen-bond donors (Lipinski definition) is 5. The van der Waals surface area contributed by atoms with Crippen molar-refractivity contribution >= 4 is 29.4 Å². The molecule has 4 rings (SSSR count). The van der Waals surface area contributed by atoms with Crippen LogP contribution < -0.4 is 10.2 Å². The normalized spacial score (nSPS) is 12.0. The van der Waals surface area contributed by atoms with Gasteiger partial charge in [0.05, 0.1) is 11.4 Å². The molecule has 0 bridgehead atoms. The number of amides is 1. The van der Waals surface area contributed by atoms with Crippen molar-refractivity contribution in [1.29, 1.82) is 5.41 Å². The summed E-state index contributed by atoms with van der Waals surface area (Å²) in [4.78, 5) is 34.3. The number of aromatic amines is 1. The zero-order valence-electron chi connectivity index (χ0n) is 28.7. The highest BCUT2D eigenvalue weighted by Crippen LogP contribution is 2.34. The van der Waals surface area contributed by atoms with Crippen molar-refractivity contribution in [1.82, 2.24) is 15.3 Å². The molecular weight excluding hydrogens is 626 g/mol. The lowest BCUT2D eigenvalue weighted by Crippen LogP contribution is -2.23. The molecule has 9 nitrogen and oxygen atoms in total. The Balaban J connectivity index is 1.57. The van der Waals surface area contributed by atoms with Gasteiger partial charge in [0.2, 0.25) is 5.91 Å². The molecule has 4 aromatic rings. The number of aliphatic carboxylic acids is 1. The zero-order valence-corrected chi connectivity index (χ0v) is 28.7.